The van der Waals surface area contributed by atoms with Crippen LogP contribution in [0.25, 0.3) is 42.2 Å². The van der Waals surface area contributed by atoms with E-state index >= 15 is 0 Å². The summed E-state index contributed by atoms with van der Waals surface area (Å²) in [6, 6.07) is 20.0. The van der Waals surface area contributed by atoms with Crippen molar-refractivity contribution in [3.63, 3.8) is 0 Å². The molecule has 6 heteroatoms. The van der Waals surface area contributed by atoms with Crippen LogP contribution in [0, 0.1) is 0 Å². The first-order chi connectivity index (χ1) is 15.2. The molecule has 0 unspecified atom stereocenters. The van der Waals surface area contributed by atoms with Gasteiger partial charge >= 0.3 is 0 Å². The number of pyridine rings is 1. The Balaban J connectivity index is 1.65. The van der Waals surface area contributed by atoms with E-state index in [4.69, 9.17) is 10.5 Å². The van der Waals surface area contributed by atoms with Gasteiger partial charge in [0.25, 0.3) is 0 Å². The molecule has 5 aromatic rings. The van der Waals surface area contributed by atoms with Crippen LogP contribution in [0.4, 0.5) is 11.5 Å². The highest BCUT2D eigenvalue weighted by atomic mass is 32.1. The number of nitrogens with one attached hydrogen (secondary N) is 1. The van der Waals surface area contributed by atoms with E-state index in [1.165, 1.54) is 10.1 Å². The average molecular weight is 428 g/mol. The van der Waals surface area contributed by atoms with Gasteiger partial charge in [-0.2, -0.15) is 0 Å². The molecule has 0 aliphatic carbocycles. The van der Waals surface area contributed by atoms with Gasteiger partial charge in [-0.25, -0.2) is 0 Å². The lowest BCUT2D eigenvalue weighted by Gasteiger charge is -2.28. The maximum absolute atomic E-state index is 13.0. The maximum Gasteiger partial charge on any atom is 0.191 e. The third-order valence-corrected chi connectivity index (χ3v) is 7.26. The van der Waals surface area contributed by atoms with E-state index < -0.39 is 0 Å². The van der Waals surface area contributed by atoms with E-state index in [0.717, 1.165) is 51.3 Å². The molecule has 0 radical (unpaired) electrons. The van der Waals surface area contributed by atoms with Crippen LogP contribution in [-0.2, 0) is 4.74 Å². The van der Waals surface area contributed by atoms with Crippen molar-refractivity contribution in [2.45, 2.75) is 0 Å². The van der Waals surface area contributed by atoms with Gasteiger partial charge < -0.3 is 20.4 Å². The van der Waals surface area contributed by atoms with Crippen LogP contribution in [0.3, 0.4) is 0 Å². The number of nitrogens with two attached hydrogens (primary N) is 1. The smallest absolute Gasteiger partial charge is 0.191 e. The summed E-state index contributed by atoms with van der Waals surface area (Å²) in [6.45, 7) is 2.88. The molecule has 1 fully saturated rings. The Labute approximate surface area is 182 Å². The minimum absolute atomic E-state index is 0.0279. The summed E-state index contributed by atoms with van der Waals surface area (Å²) in [5.41, 5.74) is 10.2. The first kappa shape index (κ1) is 18.4. The lowest BCUT2D eigenvalue weighted by Crippen LogP contribution is -2.37. The van der Waals surface area contributed by atoms with Crippen molar-refractivity contribution in [1.29, 1.82) is 0 Å². The van der Waals surface area contributed by atoms with Crippen molar-refractivity contribution in [2.75, 3.05) is 36.9 Å². The van der Waals surface area contributed by atoms with E-state index in [9.17, 15) is 4.79 Å². The molecule has 3 aromatic carbocycles. The fourth-order valence-corrected chi connectivity index (χ4v) is 5.79. The summed E-state index contributed by atoms with van der Waals surface area (Å²) in [5.74, 6) is 0.844. The fraction of sp³-hybridized carbons (Fsp3) is 0.160. The Hall–Kier alpha value is -3.35. The number of anilines is 2. The van der Waals surface area contributed by atoms with E-state index in [0.29, 0.717) is 18.6 Å². The number of H-pyrrole nitrogens is 1. The van der Waals surface area contributed by atoms with Crippen molar-refractivity contribution in [3.8, 4) is 11.1 Å². The fourth-order valence-electron chi connectivity index (χ4n) is 4.52. The van der Waals surface area contributed by atoms with Crippen molar-refractivity contribution in [2.24, 2.45) is 0 Å². The van der Waals surface area contributed by atoms with Crippen LogP contribution in [0.15, 0.2) is 65.5 Å². The summed E-state index contributed by atoms with van der Waals surface area (Å²) in [5, 5.41) is 2.95. The second kappa shape index (κ2) is 7.11. The Morgan fingerprint density at radius 3 is 2.61 bits per heavy atom. The molecule has 5 nitrogen and oxygen atoms in total. The van der Waals surface area contributed by atoms with Crippen LogP contribution in [0.5, 0.6) is 0 Å². The summed E-state index contributed by atoms with van der Waals surface area (Å²) >= 11 is 1.74. The van der Waals surface area contributed by atoms with Crippen molar-refractivity contribution in [1.82, 2.24) is 4.98 Å². The molecular weight excluding hydrogens is 406 g/mol. The number of aromatic nitrogens is 1. The SMILES string of the molecule is Nc1ccc(-c2cccc3c(=O)cc(N4CCOCC4)[nH]c23)c2sc3ccccc3c12. The predicted octanol–water partition coefficient (Wildman–Crippen LogP) is 4.98. The van der Waals surface area contributed by atoms with E-state index in [1.54, 1.807) is 17.4 Å². The van der Waals surface area contributed by atoms with E-state index in [-0.39, 0.29) is 5.43 Å². The first-order valence-electron chi connectivity index (χ1n) is 10.4. The number of para-hydroxylation sites is 1. The van der Waals surface area contributed by atoms with Crippen LogP contribution in [-0.4, -0.2) is 31.3 Å². The highest BCUT2D eigenvalue weighted by Crippen LogP contribution is 2.43. The summed E-state index contributed by atoms with van der Waals surface area (Å²) in [4.78, 5) is 18.7. The Kier molecular flexibility index (Phi) is 4.23. The van der Waals surface area contributed by atoms with Crippen LogP contribution >= 0.6 is 11.3 Å². The first-order valence-corrected chi connectivity index (χ1v) is 11.2. The molecule has 6 rings (SSSR count). The normalized spacial score (nSPS) is 14.6. The maximum atomic E-state index is 13.0. The number of hydrogen-bond donors (Lipinski definition) is 2. The number of aromatic amines is 1. The number of fused-ring (bicyclic) bond motifs is 4. The number of hydrogen-bond acceptors (Lipinski definition) is 5. The molecule has 0 spiro atoms. The molecule has 1 saturated heterocycles. The van der Waals surface area contributed by atoms with Gasteiger partial charge in [-0.3, -0.25) is 4.79 Å². The number of nitrogen functional groups attached to an aromatic ring is 1. The molecule has 3 heterocycles. The summed E-state index contributed by atoms with van der Waals surface area (Å²) in [6.07, 6.45) is 0. The molecule has 1 aliphatic rings. The van der Waals surface area contributed by atoms with Gasteiger partial charge in [-0.15, -0.1) is 11.3 Å². The molecule has 31 heavy (non-hydrogen) atoms. The third kappa shape index (κ3) is 2.91. The predicted molar refractivity (Wildman–Crippen MR) is 130 cm³/mol. The second-order valence-corrected chi connectivity index (χ2v) is 8.90. The minimum atomic E-state index is 0.0279. The lowest BCUT2D eigenvalue weighted by atomic mass is 9.99. The molecule has 2 aromatic heterocycles. The standard InChI is InChI=1S/C25H21N3O2S/c26-19-9-8-16(25-23(19)18-4-1-2-7-21(18)31-25)15-5-3-6-17-20(29)14-22(27-24(15)17)28-10-12-30-13-11-28/h1-9,14H,10-13,26H2,(H,27,29). The largest absolute Gasteiger partial charge is 0.398 e. The van der Waals surface area contributed by atoms with Crippen LogP contribution in [0.2, 0.25) is 0 Å². The average Bonchev–Trinajstić information content (AvgIpc) is 3.20. The Morgan fingerprint density at radius 1 is 0.935 bits per heavy atom. The lowest BCUT2D eigenvalue weighted by molar-refractivity contribution is 0.122. The van der Waals surface area contributed by atoms with Gasteiger partial charge in [0.2, 0.25) is 0 Å². The van der Waals surface area contributed by atoms with Crippen molar-refractivity contribution >= 4 is 53.9 Å². The van der Waals surface area contributed by atoms with Gasteiger partial charge in [0.1, 0.15) is 5.82 Å². The molecule has 0 amide bonds. The zero-order valence-electron chi connectivity index (χ0n) is 16.9. The Morgan fingerprint density at radius 2 is 1.74 bits per heavy atom. The molecular formula is C25H21N3O2S. The number of benzene rings is 3. The molecule has 3 N–H and O–H groups in total. The van der Waals surface area contributed by atoms with E-state index in [2.05, 4.69) is 40.2 Å². The number of rotatable bonds is 2. The zero-order chi connectivity index (χ0) is 20.9. The quantitative estimate of drug-likeness (QED) is 0.390. The molecule has 154 valence electrons. The summed E-state index contributed by atoms with van der Waals surface area (Å²) < 4.78 is 7.83. The number of thiophene rings is 1. The van der Waals surface area contributed by atoms with Gasteiger partial charge in [0.05, 0.1) is 18.7 Å². The number of morpholine rings is 1. The minimum Gasteiger partial charge on any atom is -0.398 e. The second-order valence-electron chi connectivity index (χ2n) is 7.85. The Bertz CT molecular complexity index is 1510. The van der Waals surface area contributed by atoms with Gasteiger partial charge in [-0.1, -0.05) is 36.4 Å². The van der Waals surface area contributed by atoms with Gasteiger partial charge in [0.15, 0.2) is 5.43 Å². The third-order valence-electron chi connectivity index (χ3n) is 6.05. The number of ether oxygens (including phenoxy) is 1. The van der Waals surface area contributed by atoms with Crippen molar-refractivity contribution in [3.05, 3.63) is 70.9 Å². The monoisotopic (exact) mass is 427 g/mol. The van der Waals surface area contributed by atoms with E-state index in [1.807, 2.05) is 24.3 Å². The molecule has 0 bridgehead atoms. The summed E-state index contributed by atoms with van der Waals surface area (Å²) in [7, 11) is 0. The van der Waals surface area contributed by atoms with Gasteiger partial charge in [-0.05, 0) is 18.2 Å². The molecule has 0 atom stereocenters. The molecule has 0 saturated carbocycles. The molecule has 1 aliphatic heterocycles. The highest BCUT2D eigenvalue weighted by molar-refractivity contribution is 7.26. The van der Waals surface area contributed by atoms with Crippen LogP contribution in [0.1, 0.15) is 0 Å². The number of nitrogens with zero attached hydrogens (tertiary/aromatic N) is 1. The van der Waals surface area contributed by atoms with Crippen LogP contribution < -0.4 is 16.1 Å². The van der Waals surface area contributed by atoms with Crippen molar-refractivity contribution < 1.29 is 4.74 Å². The topological polar surface area (TPSA) is 71.3 Å². The zero-order valence-corrected chi connectivity index (χ0v) is 17.7. The van der Waals surface area contributed by atoms with Gasteiger partial charge in [0, 0.05) is 61.5 Å². The highest BCUT2D eigenvalue weighted by Gasteiger charge is 2.18.